The molecular weight excluding hydrogens is 248 g/mol. The van der Waals surface area contributed by atoms with Gasteiger partial charge in [-0.15, -0.1) is 0 Å². The number of hydrogen-bond donors (Lipinski definition) is 1. The molecule has 3 rings (SSSR count). The molecule has 0 amide bonds. The van der Waals surface area contributed by atoms with Crippen LogP contribution in [0, 0.1) is 0 Å². The second-order valence-electron chi connectivity index (χ2n) is 4.22. The first kappa shape index (κ1) is 11.5. The van der Waals surface area contributed by atoms with Gasteiger partial charge in [0.15, 0.2) is 5.78 Å². The quantitative estimate of drug-likeness (QED) is 0.880. The van der Waals surface area contributed by atoms with Gasteiger partial charge < -0.3 is 14.4 Å². The van der Waals surface area contributed by atoms with Crippen molar-refractivity contribution < 1.29 is 19.4 Å². The number of fused-ring (bicyclic) bond motifs is 1. The molecule has 1 aliphatic heterocycles. The largest absolute Gasteiger partial charge is 0.490 e. The Bertz CT molecular complexity index is 649. The van der Waals surface area contributed by atoms with Crippen LogP contribution in [0.5, 0.6) is 5.75 Å². The van der Waals surface area contributed by atoms with Crippen molar-refractivity contribution in [3.63, 3.8) is 0 Å². The molecule has 0 saturated heterocycles. The summed E-state index contributed by atoms with van der Waals surface area (Å²) in [5.41, 5.74) is 0.367. The van der Waals surface area contributed by atoms with E-state index in [1.807, 2.05) is 0 Å². The molecule has 96 valence electrons. The second-order valence-corrected chi connectivity index (χ2v) is 4.22. The average molecular weight is 258 g/mol. The number of aromatic carboxylic acids is 1. The molecule has 1 unspecified atom stereocenters. The van der Waals surface area contributed by atoms with Crippen molar-refractivity contribution in [3.05, 3.63) is 48.0 Å². The molecule has 0 radical (unpaired) electrons. The van der Waals surface area contributed by atoms with Crippen molar-refractivity contribution in [2.45, 2.75) is 6.04 Å². The SMILES string of the molecule is O=C(O)c1ccc2c(c1)C(=O)C(n1ccnc1)CO2. The van der Waals surface area contributed by atoms with Gasteiger partial charge in [-0.05, 0) is 18.2 Å². The highest BCUT2D eigenvalue weighted by Crippen LogP contribution is 2.30. The summed E-state index contributed by atoms with van der Waals surface area (Å²) in [6, 6.07) is 3.79. The van der Waals surface area contributed by atoms with Gasteiger partial charge in [0.05, 0.1) is 17.5 Å². The van der Waals surface area contributed by atoms with Crippen LogP contribution < -0.4 is 4.74 Å². The zero-order chi connectivity index (χ0) is 13.4. The Hall–Kier alpha value is -2.63. The Morgan fingerprint density at radius 3 is 3.00 bits per heavy atom. The third kappa shape index (κ3) is 1.87. The van der Waals surface area contributed by atoms with Gasteiger partial charge in [-0.25, -0.2) is 9.78 Å². The molecule has 0 fully saturated rings. The van der Waals surface area contributed by atoms with E-state index in [-0.39, 0.29) is 18.0 Å². The normalized spacial score (nSPS) is 17.7. The van der Waals surface area contributed by atoms with Crippen LogP contribution in [0.2, 0.25) is 0 Å². The highest BCUT2D eigenvalue weighted by Gasteiger charge is 2.30. The summed E-state index contributed by atoms with van der Waals surface area (Å²) < 4.78 is 7.15. The monoisotopic (exact) mass is 258 g/mol. The Balaban J connectivity index is 2.02. The first-order chi connectivity index (χ1) is 9.16. The number of Topliss-reactive ketones (excluding diaryl/α,β-unsaturated/α-hetero) is 1. The third-order valence-electron chi connectivity index (χ3n) is 3.08. The maximum atomic E-state index is 12.4. The average Bonchev–Trinajstić information content (AvgIpc) is 2.92. The van der Waals surface area contributed by atoms with E-state index in [1.165, 1.54) is 24.5 Å². The number of ether oxygens (including phenoxy) is 1. The maximum absolute atomic E-state index is 12.4. The molecule has 1 aromatic heterocycles. The minimum atomic E-state index is -1.07. The number of nitrogens with zero attached hydrogens (tertiary/aromatic N) is 2. The van der Waals surface area contributed by atoms with Gasteiger partial charge in [0.2, 0.25) is 0 Å². The van der Waals surface area contributed by atoms with Crippen LogP contribution in [-0.2, 0) is 0 Å². The highest BCUT2D eigenvalue weighted by molar-refractivity contribution is 6.04. The predicted molar refractivity (Wildman–Crippen MR) is 64.5 cm³/mol. The molecule has 6 nitrogen and oxygen atoms in total. The van der Waals surface area contributed by atoms with Gasteiger partial charge >= 0.3 is 5.97 Å². The van der Waals surface area contributed by atoms with E-state index in [0.29, 0.717) is 11.3 Å². The first-order valence-corrected chi connectivity index (χ1v) is 5.68. The zero-order valence-corrected chi connectivity index (χ0v) is 9.81. The number of aromatic nitrogens is 2. The lowest BCUT2D eigenvalue weighted by Gasteiger charge is -2.25. The summed E-state index contributed by atoms with van der Waals surface area (Å²) in [6.45, 7) is 0.217. The fourth-order valence-corrected chi connectivity index (χ4v) is 2.08. The van der Waals surface area contributed by atoms with E-state index >= 15 is 0 Å². The number of hydrogen-bond acceptors (Lipinski definition) is 4. The number of rotatable bonds is 2. The molecule has 1 aromatic carbocycles. The highest BCUT2D eigenvalue weighted by atomic mass is 16.5. The topological polar surface area (TPSA) is 81.4 Å². The lowest BCUT2D eigenvalue weighted by atomic mass is 9.98. The number of carboxylic acids is 1. The van der Waals surface area contributed by atoms with E-state index < -0.39 is 12.0 Å². The number of imidazole rings is 1. The second kappa shape index (κ2) is 4.24. The van der Waals surface area contributed by atoms with Gasteiger partial charge in [-0.3, -0.25) is 4.79 Å². The summed E-state index contributed by atoms with van der Waals surface area (Å²) in [5, 5.41) is 8.96. The van der Waals surface area contributed by atoms with Gasteiger partial charge in [-0.2, -0.15) is 0 Å². The summed E-state index contributed by atoms with van der Waals surface area (Å²) in [5.74, 6) is -0.811. The number of ketones is 1. The molecule has 0 spiro atoms. The number of carboxylic acid groups (broad SMARTS) is 1. The minimum Gasteiger partial charge on any atom is -0.490 e. The van der Waals surface area contributed by atoms with E-state index in [0.717, 1.165) is 0 Å². The number of carbonyl (C=O) groups is 2. The molecule has 1 N–H and O–H groups in total. The predicted octanol–water partition coefficient (Wildman–Crippen LogP) is 1.40. The van der Waals surface area contributed by atoms with Crippen molar-refractivity contribution in [3.8, 4) is 5.75 Å². The lowest BCUT2D eigenvalue weighted by Crippen LogP contribution is -2.30. The fraction of sp³-hybridized carbons (Fsp3) is 0.154. The zero-order valence-electron chi connectivity index (χ0n) is 9.81. The van der Waals surface area contributed by atoms with E-state index in [9.17, 15) is 9.59 Å². The van der Waals surface area contributed by atoms with Crippen LogP contribution >= 0.6 is 0 Å². The minimum absolute atomic E-state index is 0.0713. The van der Waals surface area contributed by atoms with Crippen LogP contribution in [0.15, 0.2) is 36.9 Å². The summed E-state index contributed by atoms with van der Waals surface area (Å²) in [6.07, 6.45) is 4.80. The molecule has 1 aliphatic rings. The van der Waals surface area contributed by atoms with Gasteiger partial charge in [0, 0.05) is 12.4 Å². The standard InChI is InChI=1S/C13H10N2O4/c16-12-9-5-8(13(17)18)1-2-11(9)19-6-10(12)15-4-3-14-7-15/h1-5,7,10H,6H2,(H,17,18). The Morgan fingerprint density at radius 1 is 1.47 bits per heavy atom. The van der Waals surface area contributed by atoms with E-state index in [2.05, 4.69) is 4.98 Å². The smallest absolute Gasteiger partial charge is 0.335 e. The fourth-order valence-electron chi connectivity index (χ4n) is 2.08. The van der Waals surface area contributed by atoms with E-state index in [4.69, 9.17) is 9.84 Å². The van der Waals surface area contributed by atoms with Crippen LogP contribution in [0.25, 0.3) is 0 Å². The molecule has 0 saturated carbocycles. The lowest BCUT2D eigenvalue weighted by molar-refractivity contribution is 0.0696. The van der Waals surface area contributed by atoms with Gasteiger partial charge in [-0.1, -0.05) is 0 Å². The van der Waals surface area contributed by atoms with Gasteiger partial charge in [0.1, 0.15) is 18.4 Å². The molecule has 6 heteroatoms. The number of benzene rings is 1. The van der Waals surface area contributed by atoms with Crippen LogP contribution in [0.1, 0.15) is 26.8 Å². The molecule has 19 heavy (non-hydrogen) atoms. The molecule has 0 bridgehead atoms. The molecule has 0 aliphatic carbocycles. The van der Waals surface area contributed by atoms with Crippen molar-refractivity contribution in [2.24, 2.45) is 0 Å². The van der Waals surface area contributed by atoms with E-state index in [1.54, 1.807) is 17.0 Å². The maximum Gasteiger partial charge on any atom is 0.335 e. The summed E-state index contributed by atoms with van der Waals surface area (Å²) >= 11 is 0. The van der Waals surface area contributed by atoms with Crippen molar-refractivity contribution in [2.75, 3.05) is 6.61 Å². The Labute approximate surface area is 108 Å². The van der Waals surface area contributed by atoms with Crippen molar-refractivity contribution in [1.29, 1.82) is 0 Å². The Morgan fingerprint density at radius 2 is 2.32 bits per heavy atom. The molecule has 2 heterocycles. The third-order valence-corrected chi connectivity index (χ3v) is 3.08. The molecule has 2 aromatic rings. The Kier molecular flexibility index (Phi) is 2.56. The molecule has 1 atom stereocenters. The van der Waals surface area contributed by atoms with Gasteiger partial charge in [0.25, 0.3) is 0 Å². The van der Waals surface area contributed by atoms with Crippen LogP contribution in [0.4, 0.5) is 0 Å². The van der Waals surface area contributed by atoms with Crippen molar-refractivity contribution in [1.82, 2.24) is 9.55 Å². The van der Waals surface area contributed by atoms with Crippen molar-refractivity contribution >= 4 is 11.8 Å². The summed E-state index contributed by atoms with van der Waals surface area (Å²) in [4.78, 5) is 27.2. The molecular formula is C13H10N2O4. The summed E-state index contributed by atoms with van der Waals surface area (Å²) in [7, 11) is 0. The van der Waals surface area contributed by atoms with Crippen LogP contribution in [-0.4, -0.2) is 33.0 Å². The van der Waals surface area contributed by atoms with Crippen LogP contribution in [0.3, 0.4) is 0 Å². The number of carbonyl (C=O) groups excluding carboxylic acids is 1. The first-order valence-electron chi connectivity index (χ1n) is 5.68.